The van der Waals surface area contributed by atoms with E-state index in [4.69, 9.17) is 9.47 Å². The van der Waals surface area contributed by atoms with E-state index in [2.05, 4.69) is 24.1 Å². The Morgan fingerprint density at radius 1 is 1.41 bits per heavy atom. The van der Waals surface area contributed by atoms with Crippen LogP contribution in [0, 0.1) is 0 Å². The van der Waals surface area contributed by atoms with Crippen LogP contribution < -0.4 is 5.32 Å². The van der Waals surface area contributed by atoms with Gasteiger partial charge >= 0.3 is 5.97 Å². The maximum Gasteiger partial charge on any atom is 0.336 e. The quantitative estimate of drug-likeness (QED) is 0.718. The summed E-state index contributed by atoms with van der Waals surface area (Å²) in [5, 5.41) is 3.37. The lowest BCUT2D eigenvalue weighted by Crippen LogP contribution is -2.51. The minimum atomic E-state index is -0.528. The van der Waals surface area contributed by atoms with E-state index >= 15 is 0 Å². The van der Waals surface area contributed by atoms with E-state index in [1.165, 1.54) is 7.11 Å². The van der Waals surface area contributed by atoms with Crippen LogP contribution in [-0.2, 0) is 14.3 Å². The summed E-state index contributed by atoms with van der Waals surface area (Å²) in [6, 6.07) is 0.477. The van der Waals surface area contributed by atoms with Crippen molar-refractivity contribution in [2.45, 2.75) is 38.5 Å². The lowest BCUT2D eigenvalue weighted by molar-refractivity contribution is -0.154. The predicted octanol–water partition coefficient (Wildman–Crippen LogP) is 0.247. The van der Waals surface area contributed by atoms with Crippen LogP contribution in [-0.4, -0.2) is 62.9 Å². The number of carbonyl (C=O) groups is 1. The Balaban J connectivity index is 2.69. The Morgan fingerprint density at radius 3 is 2.65 bits per heavy atom. The molecule has 1 saturated heterocycles. The molecule has 17 heavy (non-hydrogen) atoms. The van der Waals surface area contributed by atoms with Gasteiger partial charge in [-0.2, -0.15) is 0 Å². The standard InChI is InChI=1S/C12H24N2O3/c1-9(2)14-7-5-6-13-10(8-14)11(16-3)12(15)17-4/h9-11,13H,5-8H2,1-4H3/t10-,11+/m0/s1. The third kappa shape index (κ3) is 3.94. The zero-order chi connectivity index (χ0) is 12.8. The number of esters is 1. The molecule has 1 aliphatic rings. The van der Waals surface area contributed by atoms with Crippen LogP contribution in [0.3, 0.4) is 0 Å². The van der Waals surface area contributed by atoms with Gasteiger partial charge < -0.3 is 14.8 Å². The molecular weight excluding hydrogens is 220 g/mol. The van der Waals surface area contributed by atoms with E-state index in [1.54, 1.807) is 7.11 Å². The van der Waals surface area contributed by atoms with E-state index in [0.29, 0.717) is 6.04 Å². The highest BCUT2D eigenvalue weighted by Crippen LogP contribution is 2.10. The van der Waals surface area contributed by atoms with Crippen molar-refractivity contribution in [2.75, 3.05) is 33.9 Å². The second kappa shape index (κ2) is 6.93. The second-order valence-electron chi connectivity index (χ2n) is 4.68. The fourth-order valence-electron chi connectivity index (χ4n) is 2.19. The van der Waals surface area contributed by atoms with Gasteiger partial charge in [-0.3, -0.25) is 4.90 Å². The van der Waals surface area contributed by atoms with E-state index < -0.39 is 6.10 Å². The third-order valence-electron chi connectivity index (χ3n) is 3.24. The van der Waals surface area contributed by atoms with Gasteiger partial charge in [-0.25, -0.2) is 4.79 Å². The Morgan fingerprint density at radius 2 is 2.12 bits per heavy atom. The molecule has 0 aliphatic carbocycles. The monoisotopic (exact) mass is 244 g/mol. The molecular formula is C12H24N2O3. The number of nitrogens with one attached hydrogen (secondary N) is 1. The summed E-state index contributed by atoms with van der Waals surface area (Å²) in [7, 11) is 2.94. The van der Waals surface area contributed by atoms with Crippen LogP contribution in [0.5, 0.6) is 0 Å². The molecule has 1 N–H and O–H groups in total. The summed E-state index contributed by atoms with van der Waals surface area (Å²) in [6.45, 7) is 7.11. The highest BCUT2D eigenvalue weighted by Gasteiger charge is 2.32. The lowest BCUT2D eigenvalue weighted by atomic mass is 10.1. The van der Waals surface area contributed by atoms with E-state index in [9.17, 15) is 4.79 Å². The highest BCUT2D eigenvalue weighted by molar-refractivity contribution is 5.75. The predicted molar refractivity (Wildman–Crippen MR) is 65.9 cm³/mol. The Kier molecular flexibility index (Phi) is 5.88. The van der Waals surface area contributed by atoms with Crippen molar-refractivity contribution < 1.29 is 14.3 Å². The van der Waals surface area contributed by atoms with Crippen molar-refractivity contribution >= 4 is 5.97 Å². The molecule has 5 nitrogen and oxygen atoms in total. The third-order valence-corrected chi connectivity index (χ3v) is 3.24. The summed E-state index contributed by atoms with van der Waals surface area (Å²) in [5.74, 6) is -0.310. The van der Waals surface area contributed by atoms with Crippen LogP contribution in [0.2, 0.25) is 0 Å². The first kappa shape index (κ1) is 14.4. The first-order valence-electron chi connectivity index (χ1n) is 6.18. The minimum Gasteiger partial charge on any atom is -0.467 e. The fourth-order valence-corrected chi connectivity index (χ4v) is 2.19. The van der Waals surface area contributed by atoms with Crippen LogP contribution >= 0.6 is 0 Å². The average molecular weight is 244 g/mol. The molecule has 0 saturated carbocycles. The molecule has 1 heterocycles. The largest absolute Gasteiger partial charge is 0.467 e. The zero-order valence-electron chi connectivity index (χ0n) is 11.2. The molecule has 100 valence electrons. The van der Waals surface area contributed by atoms with Gasteiger partial charge in [-0.1, -0.05) is 0 Å². The minimum absolute atomic E-state index is 0.00245. The van der Waals surface area contributed by atoms with E-state index in [1.807, 2.05) is 0 Å². The molecule has 0 aromatic carbocycles. The molecule has 1 aliphatic heterocycles. The van der Waals surface area contributed by atoms with Crippen LogP contribution in [0.4, 0.5) is 0 Å². The number of carbonyl (C=O) groups excluding carboxylic acids is 1. The maximum atomic E-state index is 11.6. The summed E-state index contributed by atoms with van der Waals surface area (Å²) in [6.07, 6.45) is 0.561. The van der Waals surface area contributed by atoms with Gasteiger partial charge in [0.05, 0.1) is 13.2 Å². The smallest absolute Gasteiger partial charge is 0.336 e. The SMILES string of the molecule is COC(=O)[C@H](OC)[C@@H]1CN(C(C)C)CCCN1. The second-order valence-corrected chi connectivity index (χ2v) is 4.68. The molecule has 5 heteroatoms. The first-order chi connectivity index (χ1) is 8.10. The van der Waals surface area contributed by atoms with Gasteiger partial charge in [-0.15, -0.1) is 0 Å². The van der Waals surface area contributed by atoms with Gasteiger partial charge in [0.2, 0.25) is 0 Å². The van der Waals surface area contributed by atoms with Gasteiger partial charge in [-0.05, 0) is 33.4 Å². The molecule has 0 bridgehead atoms. The zero-order valence-corrected chi connectivity index (χ0v) is 11.2. The van der Waals surface area contributed by atoms with Gasteiger partial charge in [0, 0.05) is 19.7 Å². The molecule has 0 spiro atoms. The molecule has 0 aromatic rings. The summed E-state index contributed by atoms with van der Waals surface area (Å²) in [4.78, 5) is 14.0. The van der Waals surface area contributed by atoms with E-state index in [-0.39, 0.29) is 12.0 Å². The molecule has 0 amide bonds. The van der Waals surface area contributed by atoms with Gasteiger partial charge in [0.25, 0.3) is 0 Å². The first-order valence-corrected chi connectivity index (χ1v) is 6.18. The maximum absolute atomic E-state index is 11.6. The normalized spacial score (nSPS) is 24.4. The van der Waals surface area contributed by atoms with Crippen molar-refractivity contribution in [3.05, 3.63) is 0 Å². The van der Waals surface area contributed by atoms with Crippen molar-refractivity contribution in [2.24, 2.45) is 0 Å². The van der Waals surface area contributed by atoms with Crippen LogP contribution in [0.15, 0.2) is 0 Å². The molecule has 1 rings (SSSR count). The number of hydrogen-bond acceptors (Lipinski definition) is 5. The number of ether oxygens (including phenoxy) is 2. The van der Waals surface area contributed by atoms with E-state index in [0.717, 1.165) is 26.1 Å². The highest BCUT2D eigenvalue weighted by atomic mass is 16.6. The van der Waals surface area contributed by atoms with Crippen LogP contribution in [0.1, 0.15) is 20.3 Å². The molecule has 0 aromatic heterocycles. The Bertz CT molecular complexity index is 246. The van der Waals surface area contributed by atoms with Crippen molar-refractivity contribution in [1.82, 2.24) is 10.2 Å². The summed E-state index contributed by atoms with van der Waals surface area (Å²) in [5.41, 5.74) is 0. The number of hydrogen-bond donors (Lipinski definition) is 1. The molecule has 1 fully saturated rings. The topological polar surface area (TPSA) is 50.8 Å². The number of rotatable bonds is 4. The fraction of sp³-hybridized carbons (Fsp3) is 0.917. The Hall–Kier alpha value is -0.650. The van der Waals surface area contributed by atoms with Crippen molar-refractivity contribution in [1.29, 1.82) is 0 Å². The van der Waals surface area contributed by atoms with Crippen molar-refractivity contribution in [3.63, 3.8) is 0 Å². The van der Waals surface area contributed by atoms with Gasteiger partial charge in [0.1, 0.15) is 0 Å². The molecule has 0 radical (unpaired) electrons. The summed E-state index contributed by atoms with van der Waals surface area (Å²) < 4.78 is 10.0. The number of methoxy groups -OCH3 is 2. The summed E-state index contributed by atoms with van der Waals surface area (Å²) >= 11 is 0. The molecule has 2 atom stereocenters. The van der Waals surface area contributed by atoms with Gasteiger partial charge in [0.15, 0.2) is 6.10 Å². The lowest BCUT2D eigenvalue weighted by Gasteiger charge is -2.30. The average Bonchev–Trinajstić information content (AvgIpc) is 2.55. The van der Waals surface area contributed by atoms with Crippen LogP contribution in [0.25, 0.3) is 0 Å². The number of nitrogens with zero attached hydrogens (tertiary/aromatic N) is 1. The van der Waals surface area contributed by atoms with Crippen molar-refractivity contribution in [3.8, 4) is 0 Å². The molecule has 0 unspecified atom stereocenters. The Labute approximate surface area is 103 Å².